The molecule has 0 aliphatic rings. The molecular formula is C8H11F5OS. The smallest absolute Gasteiger partial charge is 0.281 e. The Balaban J connectivity index is 4.01. The molecule has 0 rings (SSSR count). The molecule has 7 heteroatoms. The Hall–Kier alpha value is -0.330. The van der Waals surface area contributed by atoms with Crippen LogP contribution in [-0.4, -0.2) is 29.4 Å². The lowest BCUT2D eigenvalue weighted by atomic mass is 10.1. The Morgan fingerprint density at radius 2 is 1.73 bits per heavy atom. The largest absolute Gasteiger partial charge is 0.288 e. The van der Waals surface area contributed by atoms with Crippen LogP contribution in [0.3, 0.4) is 0 Å². The molecule has 0 fully saturated rings. The highest BCUT2D eigenvalue weighted by atomic mass is 32.2. The Morgan fingerprint density at radius 1 is 1.20 bits per heavy atom. The van der Waals surface area contributed by atoms with E-state index in [1.54, 1.807) is 0 Å². The molecule has 0 aliphatic carbocycles. The van der Waals surface area contributed by atoms with Crippen molar-refractivity contribution in [3.05, 3.63) is 0 Å². The first-order valence-corrected chi connectivity index (χ1v) is 5.12. The normalized spacial score (nSPS) is 12.9. The van der Waals surface area contributed by atoms with Gasteiger partial charge in [0.15, 0.2) is 11.8 Å². The molecule has 0 amide bonds. The molecule has 0 bridgehead atoms. The summed E-state index contributed by atoms with van der Waals surface area (Å²) in [6.07, 6.45) is -2.66. The molecule has 90 valence electrons. The minimum atomic E-state index is -4.00. The van der Waals surface area contributed by atoms with Crippen molar-refractivity contribution in [1.29, 1.82) is 0 Å². The molecule has 0 saturated carbocycles. The third-order valence-electron chi connectivity index (χ3n) is 1.49. The molecule has 0 atom stereocenters. The second kappa shape index (κ2) is 5.67. The number of carbonyl (C=O) groups is 1. The zero-order valence-corrected chi connectivity index (χ0v) is 8.85. The highest BCUT2D eigenvalue weighted by Gasteiger charge is 2.42. The first-order valence-electron chi connectivity index (χ1n) is 4.13. The second-order valence-corrected chi connectivity index (χ2v) is 4.38. The maximum atomic E-state index is 12.8. The molecule has 0 heterocycles. The van der Waals surface area contributed by atoms with Gasteiger partial charge in [0.25, 0.3) is 11.8 Å². The molecule has 0 unspecified atom stereocenters. The van der Waals surface area contributed by atoms with Gasteiger partial charge in [-0.2, -0.15) is 0 Å². The van der Waals surface area contributed by atoms with Crippen LogP contribution in [0.5, 0.6) is 0 Å². The number of alkyl halides is 5. The summed E-state index contributed by atoms with van der Waals surface area (Å²) < 4.78 is 61.8. The zero-order chi connectivity index (χ0) is 12.1. The summed E-state index contributed by atoms with van der Waals surface area (Å²) >= 11 is 0.634. The summed E-state index contributed by atoms with van der Waals surface area (Å²) in [5, 5.41) is -0.358. The summed E-state index contributed by atoms with van der Waals surface area (Å²) in [6.45, 7) is -0.901. The van der Waals surface area contributed by atoms with E-state index in [1.165, 1.54) is 6.92 Å². The lowest BCUT2D eigenvalue weighted by Crippen LogP contribution is -2.31. The number of halogens is 5. The fourth-order valence-corrected chi connectivity index (χ4v) is 1.55. The zero-order valence-electron chi connectivity index (χ0n) is 8.03. The molecule has 15 heavy (non-hydrogen) atoms. The van der Waals surface area contributed by atoms with Gasteiger partial charge >= 0.3 is 0 Å². The van der Waals surface area contributed by atoms with Crippen LogP contribution >= 0.6 is 11.8 Å². The highest BCUT2D eigenvalue weighted by molar-refractivity contribution is 8.13. The predicted molar refractivity (Wildman–Crippen MR) is 48.2 cm³/mol. The van der Waals surface area contributed by atoms with E-state index in [0.29, 0.717) is 11.8 Å². The van der Waals surface area contributed by atoms with E-state index in [4.69, 9.17) is 0 Å². The first kappa shape index (κ1) is 14.7. The Morgan fingerprint density at radius 3 is 2.13 bits per heavy atom. The van der Waals surface area contributed by atoms with E-state index in [9.17, 15) is 26.7 Å². The minimum Gasteiger partial charge on any atom is -0.288 e. The first-order chi connectivity index (χ1) is 6.68. The Bertz CT molecular complexity index is 219. The van der Waals surface area contributed by atoms with E-state index < -0.39 is 31.4 Å². The van der Waals surface area contributed by atoms with Crippen LogP contribution < -0.4 is 0 Å². The Labute approximate surface area is 88.4 Å². The van der Waals surface area contributed by atoms with Gasteiger partial charge in [0, 0.05) is 19.1 Å². The Kier molecular flexibility index (Phi) is 5.55. The van der Waals surface area contributed by atoms with Crippen molar-refractivity contribution in [2.24, 2.45) is 0 Å². The van der Waals surface area contributed by atoms with Crippen LogP contribution in [-0.2, 0) is 4.79 Å². The molecule has 0 aromatic carbocycles. The van der Waals surface area contributed by atoms with Crippen molar-refractivity contribution in [3.8, 4) is 0 Å². The fraction of sp³-hybridized carbons (Fsp3) is 0.875. The maximum Gasteiger partial charge on any atom is 0.281 e. The van der Waals surface area contributed by atoms with Gasteiger partial charge in [0.1, 0.15) is 0 Å². The van der Waals surface area contributed by atoms with Crippen molar-refractivity contribution in [3.63, 3.8) is 0 Å². The number of carbonyl (C=O) groups excluding carboxylic acids is 1. The summed E-state index contributed by atoms with van der Waals surface area (Å²) in [6, 6.07) is 0. The highest BCUT2D eigenvalue weighted by Crippen LogP contribution is 2.34. The third-order valence-corrected chi connectivity index (χ3v) is 2.30. The molecule has 0 aromatic rings. The van der Waals surface area contributed by atoms with Gasteiger partial charge in [0.2, 0.25) is 0 Å². The fourth-order valence-electron chi connectivity index (χ4n) is 0.858. The monoisotopic (exact) mass is 250 g/mol. The van der Waals surface area contributed by atoms with Gasteiger partial charge in [0.05, 0.1) is 6.42 Å². The topological polar surface area (TPSA) is 17.1 Å². The van der Waals surface area contributed by atoms with Crippen molar-refractivity contribution in [2.75, 3.05) is 12.4 Å². The molecule has 0 spiro atoms. The molecule has 0 saturated heterocycles. The summed E-state index contributed by atoms with van der Waals surface area (Å²) in [4.78, 5) is 10.4. The van der Waals surface area contributed by atoms with Crippen molar-refractivity contribution < 1.29 is 26.7 Å². The number of hydrogen-bond donors (Lipinski definition) is 0. The van der Waals surface area contributed by atoms with Gasteiger partial charge in [-0.1, -0.05) is 11.8 Å². The van der Waals surface area contributed by atoms with E-state index in [0.717, 1.165) is 0 Å². The predicted octanol–water partition coefficient (Wildman–Crippen LogP) is 3.29. The second-order valence-electron chi connectivity index (χ2n) is 3.11. The summed E-state index contributed by atoms with van der Waals surface area (Å²) in [5.41, 5.74) is 0. The lowest BCUT2D eigenvalue weighted by Gasteiger charge is -2.20. The molecule has 0 radical (unpaired) electrons. The van der Waals surface area contributed by atoms with Gasteiger partial charge in [-0.15, -0.1) is 0 Å². The third kappa shape index (κ3) is 7.58. The lowest BCUT2D eigenvalue weighted by molar-refractivity contribution is -0.120. The van der Waals surface area contributed by atoms with Crippen LogP contribution in [0.4, 0.5) is 22.0 Å². The molecule has 1 nitrogen and oxygen atoms in total. The molecule has 0 aliphatic heterocycles. The molecule has 0 aromatic heterocycles. The van der Waals surface area contributed by atoms with Crippen molar-refractivity contribution in [2.45, 2.75) is 31.6 Å². The van der Waals surface area contributed by atoms with Crippen LogP contribution in [0.1, 0.15) is 19.8 Å². The van der Waals surface area contributed by atoms with Crippen LogP contribution in [0.2, 0.25) is 0 Å². The van der Waals surface area contributed by atoms with Crippen LogP contribution in [0.25, 0.3) is 0 Å². The van der Waals surface area contributed by atoms with Gasteiger partial charge in [-0.25, -0.2) is 22.0 Å². The number of rotatable bonds is 6. The summed E-state index contributed by atoms with van der Waals surface area (Å²) in [7, 11) is 0. The average molecular weight is 250 g/mol. The average Bonchev–Trinajstić information content (AvgIpc) is 2.01. The standard InChI is InChI=1S/C8H11F5OS/c1-6(14)15-3-2-7(10,11)4-8(12,13)5-9/h2-5H2,1H3. The number of thioether (sulfide) groups is 1. The van der Waals surface area contributed by atoms with Crippen LogP contribution in [0.15, 0.2) is 0 Å². The van der Waals surface area contributed by atoms with Crippen LogP contribution in [0, 0.1) is 0 Å². The van der Waals surface area contributed by atoms with E-state index >= 15 is 0 Å². The van der Waals surface area contributed by atoms with E-state index in [2.05, 4.69) is 0 Å². The SMILES string of the molecule is CC(=O)SCCC(F)(F)CC(F)(F)CF. The number of hydrogen-bond acceptors (Lipinski definition) is 2. The molecule has 0 N–H and O–H groups in total. The van der Waals surface area contributed by atoms with Gasteiger partial charge in [-0.05, 0) is 0 Å². The molecular weight excluding hydrogens is 239 g/mol. The van der Waals surface area contributed by atoms with E-state index in [-0.39, 0.29) is 10.9 Å². The van der Waals surface area contributed by atoms with Gasteiger partial charge < -0.3 is 0 Å². The van der Waals surface area contributed by atoms with Crippen molar-refractivity contribution >= 4 is 16.9 Å². The maximum absolute atomic E-state index is 12.8. The summed E-state index contributed by atoms with van der Waals surface area (Å²) in [5.74, 6) is -7.88. The van der Waals surface area contributed by atoms with Crippen molar-refractivity contribution in [1.82, 2.24) is 0 Å². The van der Waals surface area contributed by atoms with Gasteiger partial charge in [-0.3, -0.25) is 4.79 Å². The minimum absolute atomic E-state index is 0.245. The van der Waals surface area contributed by atoms with E-state index in [1.807, 2.05) is 0 Å². The quantitative estimate of drug-likeness (QED) is 0.673.